The van der Waals surface area contributed by atoms with E-state index in [4.69, 9.17) is 27.9 Å². The number of carbonyl (C=O) groups excluding carboxylic acids is 1. The van der Waals surface area contributed by atoms with Crippen molar-refractivity contribution in [2.75, 3.05) is 5.32 Å². The lowest BCUT2D eigenvalue weighted by atomic mass is 10.2. The van der Waals surface area contributed by atoms with Gasteiger partial charge in [0.05, 0.1) is 6.10 Å². The normalized spacial score (nSPS) is 10.5. The Morgan fingerprint density at radius 3 is 2.57 bits per heavy atom. The first kappa shape index (κ1) is 15.5. The van der Waals surface area contributed by atoms with E-state index in [1.165, 1.54) is 12.1 Å². The van der Waals surface area contributed by atoms with Crippen molar-refractivity contribution in [2.45, 2.75) is 20.0 Å². The summed E-state index contributed by atoms with van der Waals surface area (Å²) in [6.07, 6.45) is 1.54. The Balaban J connectivity index is 2.23. The molecule has 0 aliphatic rings. The molecule has 2 aromatic heterocycles. The molecule has 0 fully saturated rings. The quantitative estimate of drug-likeness (QED) is 0.868. The highest BCUT2D eigenvalue weighted by Crippen LogP contribution is 2.23. The van der Waals surface area contributed by atoms with Gasteiger partial charge in [0.15, 0.2) is 0 Å². The van der Waals surface area contributed by atoms with Crippen LogP contribution in [0.4, 0.5) is 5.69 Å². The van der Waals surface area contributed by atoms with Crippen LogP contribution < -0.4 is 10.1 Å². The minimum absolute atomic E-state index is 0.0552. The largest absolute Gasteiger partial charge is 0.473 e. The Morgan fingerprint density at radius 2 is 1.95 bits per heavy atom. The average Bonchev–Trinajstić information content (AvgIpc) is 2.39. The molecule has 1 amide bonds. The van der Waals surface area contributed by atoms with Crippen molar-refractivity contribution in [3.8, 4) is 5.88 Å². The first-order valence-corrected chi connectivity index (χ1v) is 6.97. The van der Waals surface area contributed by atoms with Crippen LogP contribution in [0.2, 0.25) is 10.3 Å². The number of amides is 1. The molecule has 1 N–H and O–H groups in total. The maximum absolute atomic E-state index is 12.2. The Labute approximate surface area is 132 Å². The van der Waals surface area contributed by atoms with E-state index in [1.54, 1.807) is 18.3 Å². The van der Waals surface area contributed by atoms with E-state index >= 15 is 0 Å². The van der Waals surface area contributed by atoms with Crippen LogP contribution in [0.5, 0.6) is 5.88 Å². The fraction of sp³-hybridized carbons (Fsp3) is 0.214. The number of nitrogens with zero attached hydrogens (tertiary/aromatic N) is 2. The number of aromatic nitrogens is 2. The highest BCUT2D eigenvalue weighted by molar-refractivity contribution is 6.33. The van der Waals surface area contributed by atoms with Gasteiger partial charge in [-0.3, -0.25) is 4.79 Å². The number of nitrogens with one attached hydrogen (secondary N) is 1. The van der Waals surface area contributed by atoms with Crippen molar-refractivity contribution >= 4 is 34.8 Å². The summed E-state index contributed by atoms with van der Waals surface area (Å²) >= 11 is 11.6. The minimum Gasteiger partial charge on any atom is -0.473 e. The zero-order chi connectivity index (χ0) is 15.4. The second kappa shape index (κ2) is 6.74. The standard InChI is InChI=1S/C14H13Cl2N3O2/c1-8(2)21-14-10(4-3-5-17-14)18-13(20)9-6-11(15)19-12(16)7-9/h3-8H,1-2H3,(H,18,20). The fourth-order valence-corrected chi connectivity index (χ4v) is 2.05. The number of anilines is 1. The molecule has 110 valence electrons. The van der Waals surface area contributed by atoms with Crippen LogP contribution in [-0.2, 0) is 0 Å². The minimum atomic E-state index is -0.372. The van der Waals surface area contributed by atoms with Gasteiger partial charge in [-0.05, 0) is 38.1 Å². The zero-order valence-electron chi connectivity index (χ0n) is 11.4. The van der Waals surface area contributed by atoms with Crippen molar-refractivity contribution in [3.05, 3.63) is 46.3 Å². The summed E-state index contributed by atoms with van der Waals surface area (Å²) < 4.78 is 5.54. The van der Waals surface area contributed by atoms with Crippen LogP contribution in [0.3, 0.4) is 0 Å². The lowest BCUT2D eigenvalue weighted by molar-refractivity contribution is 0.102. The summed E-state index contributed by atoms with van der Waals surface area (Å²) in [6.45, 7) is 3.76. The molecule has 2 heterocycles. The van der Waals surface area contributed by atoms with Crippen molar-refractivity contribution in [1.29, 1.82) is 0 Å². The number of rotatable bonds is 4. The molecule has 0 saturated heterocycles. The van der Waals surface area contributed by atoms with E-state index < -0.39 is 0 Å². The molecule has 0 unspecified atom stereocenters. The maximum atomic E-state index is 12.2. The molecule has 0 aliphatic heterocycles. The lowest BCUT2D eigenvalue weighted by Crippen LogP contribution is -2.15. The Kier molecular flexibility index (Phi) is 4.98. The summed E-state index contributed by atoms with van der Waals surface area (Å²) in [5.41, 5.74) is 0.777. The van der Waals surface area contributed by atoms with E-state index in [0.717, 1.165) is 0 Å². The van der Waals surface area contributed by atoms with Gasteiger partial charge in [0.1, 0.15) is 16.0 Å². The number of ether oxygens (including phenoxy) is 1. The van der Waals surface area contributed by atoms with Crippen molar-refractivity contribution < 1.29 is 9.53 Å². The number of hydrogen-bond acceptors (Lipinski definition) is 4. The van der Waals surface area contributed by atoms with E-state index in [0.29, 0.717) is 17.1 Å². The van der Waals surface area contributed by atoms with Gasteiger partial charge in [0.2, 0.25) is 5.88 Å². The molecule has 7 heteroatoms. The number of carbonyl (C=O) groups is 1. The third-order valence-electron chi connectivity index (χ3n) is 2.39. The highest BCUT2D eigenvalue weighted by atomic mass is 35.5. The summed E-state index contributed by atoms with van der Waals surface area (Å²) in [4.78, 5) is 20.1. The molecule has 0 spiro atoms. The maximum Gasteiger partial charge on any atom is 0.256 e. The van der Waals surface area contributed by atoms with Crippen molar-refractivity contribution in [1.82, 2.24) is 9.97 Å². The molecular formula is C14H13Cl2N3O2. The van der Waals surface area contributed by atoms with Crippen molar-refractivity contribution in [2.24, 2.45) is 0 Å². The molecule has 0 radical (unpaired) electrons. The first-order valence-electron chi connectivity index (χ1n) is 6.22. The van der Waals surface area contributed by atoms with Gasteiger partial charge in [0.25, 0.3) is 5.91 Å². The lowest BCUT2D eigenvalue weighted by Gasteiger charge is -2.13. The van der Waals surface area contributed by atoms with Crippen LogP contribution in [0.25, 0.3) is 0 Å². The van der Waals surface area contributed by atoms with Crippen LogP contribution in [0.1, 0.15) is 24.2 Å². The zero-order valence-corrected chi connectivity index (χ0v) is 12.9. The van der Waals surface area contributed by atoms with Gasteiger partial charge < -0.3 is 10.1 Å². The molecule has 21 heavy (non-hydrogen) atoms. The molecule has 0 atom stereocenters. The van der Waals surface area contributed by atoms with Crippen molar-refractivity contribution in [3.63, 3.8) is 0 Å². The molecule has 2 aromatic rings. The van der Waals surface area contributed by atoms with Crippen LogP contribution in [0.15, 0.2) is 30.5 Å². The summed E-state index contributed by atoms with van der Waals surface area (Å²) in [6, 6.07) is 6.27. The number of halogens is 2. The van der Waals surface area contributed by atoms with E-state index in [2.05, 4.69) is 15.3 Å². The highest BCUT2D eigenvalue weighted by Gasteiger charge is 2.13. The molecule has 5 nitrogen and oxygen atoms in total. The SMILES string of the molecule is CC(C)Oc1ncccc1NC(=O)c1cc(Cl)nc(Cl)c1. The first-order chi connectivity index (χ1) is 9.95. The van der Waals surface area contributed by atoms with E-state index in [-0.39, 0.29) is 22.3 Å². The average molecular weight is 326 g/mol. The fourth-order valence-electron chi connectivity index (χ4n) is 1.59. The summed E-state index contributed by atoms with van der Waals surface area (Å²) in [7, 11) is 0. The summed E-state index contributed by atoms with van der Waals surface area (Å²) in [5.74, 6) is -0.0186. The number of hydrogen-bond donors (Lipinski definition) is 1. The predicted octanol–water partition coefficient (Wildman–Crippen LogP) is 3.82. The monoisotopic (exact) mass is 325 g/mol. The van der Waals surface area contributed by atoms with Gasteiger partial charge in [-0.1, -0.05) is 23.2 Å². The van der Waals surface area contributed by atoms with Gasteiger partial charge >= 0.3 is 0 Å². The van der Waals surface area contributed by atoms with Gasteiger partial charge in [-0.15, -0.1) is 0 Å². The molecular weight excluding hydrogens is 313 g/mol. The predicted molar refractivity (Wildman–Crippen MR) is 82.2 cm³/mol. The molecule has 0 bridgehead atoms. The van der Waals surface area contributed by atoms with Crippen LogP contribution in [-0.4, -0.2) is 22.0 Å². The Morgan fingerprint density at radius 1 is 1.29 bits per heavy atom. The smallest absolute Gasteiger partial charge is 0.256 e. The number of pyridine rings is 2. The third kappa shape index (κ3) is 4.31. The molecule has 0 saturated carbocycles. The Hall–Kier alpha value is -1.85. The topological polar surface area (TPSA) is 64.1 Å². The Bertz CT molecular complexity index is 642. The van der Waals surface area contributed by atoms with E-state index in [9.17, 15) is 4.79 Å². The summed E-state index contributed by atoms with van der Waals surface area (Å²) in [5, 5.41) is 3.02. The molecule has 0 aliphatic carbocycles. The molecule has 2 rings (SSSR count). The second-order valence-electron chi connectivity index (χ2n) is 4.48. The van der Waals surface area contributed by atoms with Gasteiger partial charge in [-0.25, -0.2) is 9.97 Å². The third-order valence-corrected chi connectivity index (χ3v) is 2.78. The van der Waals surface area contributed by atoms with Crippen LogP contribution in [0, 0.1) is 0 Å². The second-order valence-corrected chi connectivity index (χ2v) is 5.25. The van der Waals surface area contributed by atoms with Gasteiger partial charge in [-0.2, -0.15) is 0 Å². The van der Waals surface area contributed by atoms with Crippen LogP contribution >= 0.6 is 23.2 Å². The van der Waals surface area contributed by atoms with E-state index in [1.807, 2.05) is 13.8 Å². The molecule has 0 aromatic carbocycles. The van der Waals surface area contributed by atoms with Gasteiger partial charge in [0, 0.05) is 11.8 Å².